The minimum atomic E-state index is -0.663. The van der Waals surface area contributed by atoms with Gasteiger partial charge in [-0.25, -0.2) is 5.48 Å². The molecule has 0 atom stereocenters. The molecule has 2 amide bonds. The van der Waals surface area contributed by atoms with E-state index in [1.54, 1.807) is 43.6 Å². The predicted octanol–water partition coefficient (Wildman–Crippen LogP) is 2.61. The number of fused-ring (bicyclic) bond motifs is 1. The molecule has 156 valence electrons. The number of benzene rings is 2. The van der Waals surface area contributed by atoms with E-state index in [0.717, 1.165) is 0 Å². The van der Waals surface area contributed by atoms with Gasteiger partial charge in [0.25, 0.3) is 17.4 Å². The number of nitrogens with zero attached hydrogens (tertiary/aromatic N) is 1. The number of rotatable bonds is 4. The lowest BCUT2D eigenvalue weighted by atomic mass is 10.0. The average molecular weight is 418 g/mol. The monoisotopic (exact) mass is 418 g/mol. The van der Waals surface area contributed by atoms with Gasteiger partial charge in [0.05, 0.1) is 0 Å². The number of hydrogen-bond acceptors (Lipinski definition) is 5. The van der Waals surface area contributed by atoms with Crippen LogP contribution in [0.2, 0.25) is 0 Å². The minimum absolute atomic E-state index is 0.0892. The van der Waals surface area contributed by atoms with E-state index in [0.29, 0.717) is 22.2 Å². The Kier molecular flexibility index (Phi) is 5.02. The molecule has 0 saturated carbocycles. The number of hydrogen-bond donors (Lipinski definition) is 5. The summed E-state index contributed by atoms with van der Waals surface area (Å²) in [5, 5.41) is 21.7. The Hall–Kier alpha value is -4.37. The average Bonchev–Trinajstić information content (AvgIpc) is 3.22. The number of nitrogens with one attached hydrogen (secondary N) is 3. The van der Waals surface area contributed by atoms with Crippen LogP contribution in [-0.4, -0.2) is 31.7 Å². The molecular formula is C22H18N4O5. The Labute approximate surface area is 175 Å². The fourth-order valence-corrected chi connectivity index (χ4v) is 3.33. The molecule has 0 radical (unpaired) electrons. The zero-order chi connectivity index (χ0) is 22.1. The van der Waals surface area contributed by atoms with Crippen LogP contribution in [0.3, 0.4) is 0 Å². The van der Waals surface area contributed by atoms with Crippen LogP contribution in [0, 0.1) is 0 Å². The number of anilines is 1. The predicted molar refractivity (Wildman–Crippen MR) is 114 cm³/mol. The van der Waals surface area contributed by atoms with Crippen LogP contribution in [-0.2, 0) is 7.05 Å². The lowest BCUT2D eigenvalue weighted by Crippen LogP contribution is -2.18. The van der Waals surface area contributed by atoms with Crippen molar-refractivity contribution >= 4 is 28.4 Å². The van der Waals surface area contributed by atoms with E-state index in [1.165, 1.54) is 34.3 Å². The van der Waals surface area contributed by atoms with Crippen LogP contribution in [0.1, 0.15) is 20.8 Å². The summed E-state index contributed by atoms with van der Waals surface area (Å²) in [6.07, 6.45) is 1.65. The van der Waals surface area contributed by atoms with E-state index in [-0.39, 0.29) is 28.1 Å². The Morgan fingerprint density at radius 2 is 1.77 bits per heavy atom. The molecule has 0 aliphatic rings. The molecule has 5 N–H and O–H groups in total. The summed E-state index contributed by atoms with van der Waals surface area (Å²) in [6, 6.07) is 14.1. The maximum atomic E-state index is 12.7. The van der Waals surface area contributed by atoms with E-state index < -0.39 is 11.8 Å². The number of carbonyl (C=O) groups is 2. The van der Waals surface area contributed by atoms with Crippen molar-refractivity contribution in [2.45, 2.75) is 0 Å². The van der Waals surface area contributed by atoms with E-state index in [4.69, 9.17) is 5.21 Å². The fraction of sp³-hybridized carbons (Fsp3) is 0.0455. The standard InChI is InChI=1S/C22H18N4O5/c1-26-11-17(13-3-2-4-15(27)9-13)16-10-18(24-19(16)22(26)30)21(29)23-14-7-5-12(6-8-14)20(28)25-31/h2-11,24,27,31H,1H3,(H,23,29)(H,25,28). The van der Waals surface area contributed by atoms with Crippen LogP contribution in [0.5, 0.6) is 5.75 Å². The molecule has 2 aromatic heterocycles. The summed E-state index contributed by atoms with van der Waals surface area (Å²) in [4.78, 5) is 39.6. The van der Waals surface area contributed by atoms with Crippen molar-refractivity contribution in [3.05, 3.63) is 82.4 Å². The van der Waals surface area contributed by atoms with Crippen molar-refractivity contribution < 1.29 is 19.9 Å². The van der Waals surface area contributed by atoms with Crippen LogP contribution in [0.25, 0.3) is 22.0 Å². The zero-order valence-corrected chi connectivity index (χ0v) is 16.3. The van der Waals surface area contributed by atoms with Crippen LogP contribution in [0.4, 0.5) is 5.69 Å². The highest BCUT2D eigenvalue weighted by Gasteiger charge is 2.17. The number of hydroxylamine groups is 1. The van der Waals surface area contributed by atoms with Crippen molar-refractivity contribution in [1.29, 1.82) is 0 Å². The zero-order valence-electron chi connectivity index (χ0n) is 16.3. The first-order valence-electron chi connectivity index (χ1n) is 9.25. The number of aromatic hydroxyl groups is 1. The van der Waals surface area contributed by atoms with Crippen molar-refractivity contribution in [3.8, 4) is 16.9 Å². The number of phenols is 1. The Morgan fingerprint density at radius 1 is 1.03 bits per heavy atom. The lowest BCUT2D eigenvalue weighted by molar-refractivity contribution is 0.0706. The van der Waals surface area contributed by atoms with Gasteiger partial charge in [0.1, 0.15) is 17.0 Å². The van der Waals surface area contributed by atoms with Gasteiger partial charge in [0, 0.05) is 35.4 Å². The number of pyridine rings is 1. The molecule has 0 unspecified atom stereocenters. The summed E-state index contributed by atoms with van der Waals surface area (Å²) >= 11 is 0. The number of aromatic amines is 1. The second-order valence-electron chi connectivity index (χ2n) is 6.95. The summed E-state index contributed by atoms with van der Waals surface area (Å²) < 4.78 is 1.41. The van der Waals surface area contributed by atoms with Crippen LogP contribution < -0.4 is 16.4 Å². The molecule has 0 aliphatic heterocycles. The topological polar surface area (TPSA) is 136 Å². The largest absolute Gasteiger partial charge is 0.508 e. The third kappa shape index (κ3) is 3.77. The van der Waals surface area contributed by atoms with Gasteiger partial charge in [-0.05, 0) is 48.0 Å². The molecule has 9 heteroatoms. The first kappa shape index (κ1) is 19.9. The van der Waals surface area contributed by atoms with E-state index in [9.17, 15) is 19.5 Å². The molecule has 2 aromatic carbocycles. The molecular weight excluding hydrogens is 400 g/mol. The van der Waals surface area contributed by atoms with Gasteiger partial charge in [0.2, 0.25) is 0 Å². The molecule has 0 saturated heterocycles. The van der Waals surface area contributed by atoms with Gasteiger partial charge in [0.15, 0.2) is 0 Å². The Morgan fingerprint density at radius 3 is 2.45 bits per heavy atom. The van der Waals surface area contributed by atoms with Gasteiger partial charge in [-0.15, -0.1) is 0 Å². The second-order valence-corrected chi connectivity index (χ2v) is 6.95. The first-order valence-corrected chi connectivity index (χ1v) is 9.25. The maximum Gasteiger partial charge on any atom is 0.274 e. The van der Waals surface area contributed by atoms with Gasteiger partial charge in [-0.3, -0.25) is 19.6 Å². The Bertz CT molecular complexity index is 1370. The van der Waals surface area contributed by atoms with Gasteiger partial charge in [-0.1, -0.05) is 12.1 Å². The highest BCUT2D eigenvalue weighted by atomic mass is 16.5. The summed E-state index contributed by atoms with van der Waals surface area (Å²) in [5.74, 6) is -1.05. The molecule has 0 bridgehead atoms. The quantitative estimate of drug-likeness (QED) is 0.256. The number of aryl methyl sites for hydroxylation is 1. The Balaban J connectivity index is 1.71. The summed E-state index contributed by atoms with van der Waals surface area (Å²) in [7, 11) is 1.61. The highest BCUT2D eigenvalue weighted by molar-refractivity contribution is 6.08. The van der Waals surface area contributed by atoms with Crippen LogP contribution >= 0.6 is 0 Å². The van der Waals surface area contributed by atoms with Gasteiger partial charge >= 0.3 is 0 Å². The third-order valence-corrected chi connectivity index (χ3v) is 4.87. The first-order chi connectivity index (χ1) is 14.9. The van der Waals surface area contributed by atoms with Crippen LogP contribution in [0.15, 0.2) is 65.6 Å². The van der Waals surface area contributed by atoms with E-state index in [1.807, 2.05) is 0 Å². The normalized spacial score (nSPS) is 10.8. The lowest BCUT2D eigenvalue weighted by Gasteiger charge is -2.07. The van der Waals surface area contributed by atoms with Crippen molar-refractivity contribution in [2.75, 3.05) is 5.32 Å². The number of amides is 2. The van der Waals surface area contributed by atoms with Crippen molar-refractivity contribution in [3.63, 3.8) is 0 Å². The molecule has 0 spiro atoms. The second kappa shape index (κ2) is 7.81. The molecule has 31 heavy (non-hydrogen) atoms. The number of aromatic nitrogens is 2. The van der Waals surface area contributed by atoms with E-state index in [2.05, 4.69) is 10.3 Å². The van der Waals surface area contributed by atoms with E-state index >= 15 is 0 Å². The van der Waals surface area contributed by atoms with Crippen molar-refractivity contribution in [1.82, 2.24) is 15.0 Å². The molecule has 9 nitrogen and oxygen atoms in total. The summed E-state index contributed by atoms with van der Waals surface area (Å²) in [6.45, 7) is 0. The van der Waals surface area contributed by atoms with Crippen molar-refractivity contribution in [2.24, 2.45) is 7.05 Å². The minimum Gasteiger partial charge on any atom is -0.508 e. The number of H-pyrrole nitrogens is 1. The SMILES string of the molecule is Cn1cc(-c2cccc(O)c2)c2cc(C(=O)Nc3ccc(C(=O)NO)cc3)[nH]c2c1=O. The molecule has 0 aliphatic carbocycles. The number of carbonyl (C=O) groups excluding carboxylic acids is 2. The fourth-order valence-electron chi connectivity index (χ4n) is 3.33. The smallest absolute Gasteiger partial charge is 0.274 e. The summed E-state index contributed by atoms with van der Waals surface area (Å²) in [5.41, 5.74) is 3.72. The maximum absolute atomic E-state index is 12.7. The molecule has 4 rings (SSSR count). The third-order valence-electron chi connectivity index (χ3n) is 4.87. The van der Waals surface area contributed by atoms with Gasteiger partial charge < -0.3 is 20.0 Å². The molecule has 2 heterocycles. The molecule has 4 aromatic rings. The highest BCUT2D eigenvalue weighted by Crippen LogP contribution is 2.29. The van der Waals surface area contributed by atoms with Gasteiger partial charge in [-0.2, -0.15) is 0 Å². The molecule has 0 fully saturated rings. The number of phenolic OH excluding ortho intramolecular Hbond substituents is 1.